The third-order valence-electron chi connectivity index (χ3n) is 3.40. The molecule has 21 heavy (non-hydrogen) atoms. The summed E-state index contributed by atoms with van der Waals surface area (Å²) in [4.78, 5) is 18.4. The highest BCUT2D eigenvalue weighted by Crippen LogP contribution is 2.20. The first kappa shape index (κ1) is 15.7. The Labute approximate surface area is 123 Å². The Morgan fingerprint density at radius 3 is 2.67 bits per heavy atom. The molecule has 1 aliphatic rings. The van der Waals surface area contributed by atoms with E-state index in [1.807, 2.05) is 24.3 Å². The maximum Gasteiger partial charge on any atom is 0.276 e. The number of benzene rings is 1. The molecule has 2 atom stereocenters. The van der Waals surface area contributed by atoms with Crippen LogP contribution in [-0.4, -0.2) is 61.3 Å². The van der Waals surface area contributed by atoms with Crippen LogP contribution in [0.1, 0.15) is 5.56 Å². The van der Waals surface area contributed by atoms with Crippen molar-refractivity contribution < 1.29 is 24.2 Å². The summed E-state index contributed by atoms with van der Waals surface area (Å²) in [6.45, 7) is 0.783. The van der Waals surface area contributed by atoms with Crippen LogP contribution in [0.15, 0.2) is 24.3 Å². The van der Waals surface area contributed by atoms with E-state index in [1.165, 1.54) is 14.2 Å². The molecular weight excluding hydrogens is 276 g/mol. The number of ether oxygens (including phenoxy) is 2. The van der Waals surface area contributed by atoms with Crippen LogP contribution >= 0.6 is 0 Å². The lowest BCUT2D eigenvalue weighted by Crippen LogP contribution is -2.38. The first-order chi connectivity index (χ1) is 10.0. The minimum atomic E-state index is -1.11. The van der Waals surface area contributed by atoms with Gasteiger partial charge >= 0.3 is 0 Å². The van der Waals surface area contributed by atoms with Crippen LogP contribution in [0.5, 0.6) is 5.75 Å². The zero-order valence-corrected chi connectivity index (χ0v) is 12.4. The number of hydroxylamine groups is 2. The Morgan fingerprint density at radius 1 is 1.43 bits per heavy atom. The predicted octanol–water partition coefficient (Wildman–Crippen LogP) is 0.192. The van der Waals surface area contributed by atoms with Crippen molar-refractivity contribution in [3.63, 3.8) is 0 Å². The summed E-state index contributed by atoms with van der Waals surface area (Å²) >= 11 is 0. The normalized spacial score (nSPS) is 22.3. The van der Waals surface area contributed by atoms with E-state index in [1.54, 1.807) is 12.0 Å². The fourth-order valence-corrected chi connectivity index (χ4v) is 2.12. The Bertz CT molecular complexity index is 479. The van der Waals surface area contributed by atoms with E-state index < -0.39 is 12.5 Å². The number of rotatable bonds is 5. The summed E-state index contributed by atoms with van der Waals surface area (Å²) in [6, 6.07) is 7.50. The molecule has 0 bridgehead atoms. The van der Waals surface area contributed by atoms with Gasteiger partial charge < -0.3 is 14.6 Å². The van der Waals surface area contributed by atoms with E-state index in [9.17, 15) is 9.90 Å². The van der Waals surface area contributed by atoms with Gasteiger partial charge in [0.2, 0.25) is 6.41 Å². The van der Waals surface area contributed by atoms with Crippen LogP contribution in [0, 0.1) is 0 Å². The van der Waals surface area contributed by atoms with Gasteiger partial charge in [-0.2, -0.15) is 0 Å². The van der Waals surface area contributed by atoms with Crippen LogP contribution in [-0.2, 0) is 20.9 Å². The molecule has 1 amide bonds. The molecule has 1 fully saturated rings. The highest BCUT2D eigenvalue weighted by molar-refractivity contribution is 5.80. The van der Waals surface area contributed by atoms with Crippen LogP contribution < -0.4 is 4.74 Å². The molecule has 0 spiro atoms. The second kappa shape index (κ2) is 6.86. The molecule has 1 heterocycles. The second-order valence-electron chi connectivity index (χ2n) is 4.75. The van der Waals surface area contributed by atoms with Gasteiger partial charge in [0.25, 0.3) is 5.91 Å². The van der Waals surface area contributed by atoms with Gasteiger partial charge in [-0.25, -0.2) is 9.96 Å². The molecule has 1 N–H and O–H groups in total. The number of likely N-dealkylation sites (N-methyl/N-ethyl adjacent to an activating group) is 1. The Balaban J connectivity index is 1.96. The van der Waals surface area contributed by atoms with Crippen molar-refractivity contribution in [1.82, 2.24) is 9.96 Å². The lowest BCUT2D eigenvalue weighted by Gasteiger charge is -2.18. The number of carbonyl (C=O) groups excluding carboxylic acids is 1. The lowest BCUT2D eigenvalue weighted by molar-refractivity contribution is -0.192. The van der Waals surface area contributed by atoms with Crippen molar-refractivity contribution in [2.24, 2.45) is 0 Å². The van der Waals surface area contributed by atoms with E-state index in [4.69, 9.17) is 14.3 Å². The number of methoxy groups -OCH3 is 1. The quantitative estimate of drug-likeness (QED) is 0.782. The van der Waals surface area contributed by atoms with Crippen molar-refractivity contribution in [1.29, 1.82) is 0 Å². The summed E-state index contributed by atoms with van der Waals surface area (Å²) in [5.74, 6) is 0.445. The lowest BCUT2D eigenvalue weighted by atomic mass is 10.2. The minimum absolute atomic E-state index is 0.305. The van der Waals surface area contributed by atoms with Crippen molar-refractivity contribution in [3.05, 3.63) is 29.8 Å². The van der Waals surface area contributed by atoms with Crippen molar-refractivity contribution in [2.75, 3.05) is 27.8 Å². The van der Waals surface area contributed by atoms with Crippen LogP contribution in [0.2, 0.25) is 0 Å². The SMILES string of the molecule is COc1ccc(CN2CC(C(=O)N(C)OC)OC2O)cc1. The van der Waals surface area contributed by atoms with Gasteiger partial charge in [-0.3, -0.25) is 9.63 Å². The fraction of sp³-hybridized carbons (Fsp3) is 0.500. The first-order valence-corrected chi connectivity index (χ1v) is 6.57. The van der Waals surface area contributed by atoms with Gasteiger partial charge in [0, 0.05) is 20.1 Å². The number of carbonyl (C=O) groups is 1. The second-order valence-corrected chi connectivity index (χ2v) is 4.75. The zero-order chi connectivity index (χ0) is 15.4. The number of hydrogen-bond acceptors (Lipinski definition) is 6. The molecule has 1 aliphatic heterocycles. The van der Waals surface area contributed by atoms with Crippen LogP contribution in [0.3, 0.4) is 0 Å². The molecule has 7 nitrogen and oxygen atoms in total. The fourth-order valence-electron chi connectivity index (χ4n) is 2.12. The first-order valence-electron chi connectivity index (χ1n) is 6.57. The smallest absolute Gasteiger partial charge is 0.276 e. The summed E-state index contributed by atoms with van der Waals surface area (Å²) in [7, 11) is 4.51. The average Bonchev–Trinajstić information content (AvgIpc) is 2.87. The highest BCUT2D eigenvalue weighted by atomic mass is 16.7. The topological polar surface area (TPSA) is 71.5 Å². The molecule has 1 aromatic carbocycles. The monoisotopic (exact) mass is 296 g/mol. The minimum Gasteiger partial charge on any atom is -0.497 e. The third kappa shape index (κ3) is 3.70. The highest BCUT2D eigenvalue weighted by Gasteiger charge is 2.37. The number of aliphatic hydroxyl groups is 1. The molecule has 1 aromatic rings. The van der Waals surface area contributed by atoms with Gasteiger partial charge in [0.15, 0.2) is 6.10 Å². The molecule has 0 aliphatic carbocycles. The summed E-state index contributed by atoms with van der Waals surface area (Å²) < 4.78 is 10.4. The Morgan fingerprint density at radius 2 is 2.10 bits per heavy atom. The summed E-state index contributed by atoms with van der Waals surface area (Å²) in [5.41, 5.74) is 0.992. The standard InChI is InChI=1S/C14H20N2O5/c1-15(20-3)13(17)12-9-16(14(18)21-12)8-10-4-6-11(19-2)7-5-10/h4-7,12,14,18H,8-9H2,1-3H3. The maximum atomic E-state index is 11.9. The molecule has 7 heteroatoms. The van der Waals surface area contributed by atoms with Gasteiger partial charge in [-0.05, 0) is 17.7 Å². The molecular formula is C14H20N2O5. The number of aliphatic hydroxyl groups excluding tert-OH is 1. The third-order valence-corrected chi connectivity index (χ3v) is 3.40. The Hall–Kier alpha value is -1.67. The van der Waals surface area contributed by atoms with Crippen molar-refractivity contribution in [2.45, 2.75) is 19.1 Å². The van der Waals surface area contributed by atoms with E-state index in [2.05, 4.69) is 0 Å². The largest absolute Gasteiger partial charge is 0.497 e. The molecule has 2 rings (SSSR count). The molecule has 0 aromatic heterocycles. The van der Waals surface area contributed by atoms with Gasteiger partial charge in [0.05, 0.1) is 14.2 Å². The predicted molar refractivity (Wildman–Crippen MR) is 74.1 cm³/mol. The van der Waals surface area contributed by atoms with Crippen LogP contribution in [0.4, 0.5) is 0 Å². The van der Waals surface area contributed by atoms with Crippen LogP contribution in [0.25, 0.3) is 0 Å². The van der Waals surface area contributed by atoms with Gasteiger partial charge in [-0.15, -0.1) is 0 Å². The zero-order valence-electron chi connectivity index (χ0n) is 12.4. The molecule has 116 valence electrons. The average molecular weight is 296 g/mol. The van der Waals surface area contributed by atoms with E-state index >= 15 is 0 Å². The van der Waals surface area contributed by atoms with Crippen molar-refractivity contribution >= 4 is 5.91 Å². The van der Waals surface area contributed by atoms with Gasteiger partial charge in [-0.1, -0.05) is 12.1 Å². The van der Waals surface area contributed by atoms with E-state index in [-0.39, 0.29) is 5.91 Å². The molecule has 0 radical (unpaired) electrons. The molecule has 2 unspecified atom stereocenters. The number of nitrogens with zero attached hydrogens (tertiary/aromatic N) is 2. The molecule has 0 saturated carbocycles. The number of hydrogen-bond donors (Lipinski definition) is 1. The number of amides is 1. The van der Waals surface area contributed by atoms with E-state index in [0.717, 1.165) is 16.4 Å². The maximum absolute atomic E-state index is 11.9. The molecule has 1 saturated heterocycles. The van der Waals surface area contributed by atoms with Gasteiger partial charge in [0.1, 0.15) is 5.75 Å². The summed E-state index contributed by atoms with van der Waals surface area (Å²) in [5, 5.41) is 11.0. The van der Waals surface area contributed by atoms with Crippen molar-refractivity contribution in [3.8, 4) is 5.75 Å². The summed E-state index contributed by atoms with van der Waals surface area (Å²) in [6.07, 6.45) is -1.84. The Kier molecular flexibility index (Phi) is 5.13. The van der Waals surface area contributed by atoms with E-state index in [0.29, 0.717) is 13.1 Å².